The minimum Gasteiger partial charge on any atom is -0.322 e. The first kappa shape index (κ1) is 16.0. The van der Waals surface area contributed by atoms with Crippen LogP contribution in [-0.2, 0) is 6.54 Å². The van der Waals surface area contributed by atoms with E-state index < -0.39 is 5.91 Å². The van der Waals surface area contributed by atoms with Gasteiger partial charge in [-0.25, -0.2) is 0 Å². The van der Waals surface area contributed by atoms with Gasteiger partial charge in [-0.2, -0.15) is 0 Å². The van der Waals surface area contributed by atoms with Crippen LogP contribution in [0.4, 0.5) is 5.69 Å². The lowest BCUT2D eigenvalue weighted by Crippen LogP contribution is -2.29. The van der Waals surface area contributed by atoms with Crippen molar-refractivity contribution in [2.24, 2.45) is 0 Å². The van der Waals surface area contributed by atoms with Gasteiger partial charge in [-0.1, -0.05) is 41.9 Å². The molecule has 0 saturated carbocycles. The molecule has 5 heteroatoms. The van der Waals surface area contributed by atoms with Crippen LogP contribution in [0.3, 0.4) is 0 Å². The molecule has 1 aromatic heterocycles. The minimum absolute atomic E-state index is 0.100. The number of anilines is 1. The van der Waals surface area contributed by atoms with Gasteiger partial charge in [0.1, 0.15) is 5.56 Å². The van der Waals surface area contributed by atoms with Crippen LogP contribution in [0, 0.1) is 0 Å². The molecule has 0 aliphatic rings. The third-order valence-electron chi connectivity index (χ3n) is 3.56. The van der Waals surface area contributed by atoms with Gasteiger partial charge in [0, 0.05) is 16.9 Å². The average molecular weight is 339 g/mol. The second kappa shape index (κ2) is 7.15. The van der Waals surface area contributed by atoms with E-state index in [0.717, 1.165) is 5.56 Å². The van der Waals surface area contributed by atoms with Crippen LogP contribution in [0.2, 0.25) is 5.02 Å². The molecule has 3 aromatic rings. The molecule has 120 valence electrons. The summed E-state index contributed by atoms with van der Waals surface area (Å²) in [5.41, 5.74) is 1.35. The number of rotatable bonds is 4. The lowest BCUT2D eigenvalue weighted by atomic mass is 10.2. The Bertz CT molecular complexity index is 903. The molecule has 1 N–H and O–H groups in total. The summed E-state index contributed by atoms with van der Waals surface area (Å²) in [5, 5.41) is 3.29. The number of benzene rings is 2. The molecule has 3 rings (SSSR count). The minimum atomic E-state index is -0.440. The molecule has 1 amide bonds. The largest absolute Gasteiger partial charge is 0.322 e. The standard InChI is InChI=1S/C19H15ClN2O2/c20-15-8-10-16(11-9-15)21-18(23)17-7-4-12-22(19(17)24)13-14-5-2-1-3-6-14/h1-12H,13H2,(H,21,23). The van der Waals surface area contributed by atoms with Crippen LogP contribution in [0.15, 0.2) is 77.7 Å². The summed E-state index contributed by atoms with van der Waals surface area (Å²) in [6.45, 7) is 0.418. The Balaban J connectivity index is 1.83. The van der Waals surface area contributed by atoms with Crippen LogP contribution < -0.4 is 10.9 Å². The van der Waals surface area contributed by atoms with E-state index in [0.29, 0.717) is 17.3 Å². The monoisotopic (exact) mass is 338 g/mol. The first-order chi connectivity index (χ1) is 11.6. The maximum absolute atomic E-state index is 12.5. The van der Waals surface area contributed by atoms with Crippen molar-refractivity contribution in [2.45, 2.75) is 6.54 Å². The Morgan fingerprint density at radius 2 is 1.67 bits per heavy atom. The molecule has 0 bridgehead atoms. The second-order valence-electron chi connectivity index (χ2n) is 5.30. The number of carbonyl (C=O) groups is 1. The van der Waals surface area contributed by atoms with Crippen molar-refractivity contribution in [3.8, 4) is 0 Å². The fourth-order valence-corrected chi connectivity index (χ4v) is 2.47. The van der Waals surface area contributed by atoms with Crippen LogP contribution in [0.25, 0.3) is 0 Å². The Morgan fingerprint density at radius 1 is 0.958 bits per heavy atom. The number of nitrogens with one attached hydrogen (secondary N) is 1. The van der Waals surface area contributed by atoms with E-state index in [1.165, 1.54) is 10.6 Å². The summed E-state index contributed by atoms with van der Waals surface area (Å²) in [6.07, 6.45) is 1.68. The molecule has 2 aromatic carbocycles. The molecule has 0 spiro atoms. The molecular formula is C19H15ClN2O2. The average Bonchev–Trinajstić information content (AvgIpc) is 2.60. The fourth-order valence-electron chi connectivity index (χ4n) is 2.35. The lowest BCUT2D eigenvalue weighted by Gasteiger charge is -2.09. The summed E-state index contributed by atoms with van der Waals surface area (Å²) < 4.78 is 1.52. The van der Waals surface area contributed by atoms with Crippen molar-refractivity contribution in [3.63, 3.8) is 0 Å². The predicted octanol–water partition coefficient (Wildman–Crippen LogP) is 3.80. The van der Waals surface area contributed by atoms with Gasteiger partial charge in [0.05, 0.1) is 6.54 Å². The fraction of sp³-hybridized carbons (Fsp3) is 0.0526. The van der Waals surface area contributed by atoms with Gasteiger partial charge in [-0.05, 0) is 42.0 Å². The van der Waals surface area contributed by atoms with Gasteiger partial charge in [-0.3, -0.25) is 9.59 Å². The highest BCUT2D eigenvalue weighted by Crippen LogP contribution is 2.14. The Labute approximate surface area is 144 Å². The number of halogens is 1. The third kappa shape index (κ3) is 3.73. The van der Waals surface area contributed by atoms with Gasteiger partial charge in [0.25, 0.3) is 11.5 Å². The number of carbonyl (C=O) groups excluding carboxylic acids is 1. The zero-order valence-electron chi connectivity index (χ0n) is 12.8. The first-order valence-corrected chi connectivity index (χ1v) is 7.81. The van der Waals surface area contributed by atoms with E-state index >= 15 is 0 Å². The van der Waals surface area contributed by atoms with Crippen LogP contribution >= 0.6 is 11.6 Å². The van der Waals surface area contributed by atoms with E-state index in [1.54, 1.807) is 36.5 Å². The summed E-state index contributed by atoms with van der Waals surface area (Å²) in [7, 11) is 0. The highest BCUT2D eigenvalue weighted by Gasteiger charge is 2.12. The van der Waals surface area contributed by atoms with Gasteiger partial charge in [0.15, 0.2) is 0 Å². The maximum atomic E-state index is 12.5. The summed E-state index contributed by atoms with van der Waals surface area (Å²) in [6, 6.07) is 19.6. The molecule has 0 aliphatic carbocycles. The van der Waals surface area contributed by atoms with E-state index in [2.05, 4.69) is 5.32 Å². The second-order valence-corrected chi connectivity index (χ2v) is 5.74. The SMILES string of the molecule is O=C(Nc1ccc(Cl)cc1)c1cccn(Cc2ccccc2)c1=O. The molecule has 0 saturated heterocycles. The van der Waals surface area contributed by atoms with Gasteiger partial charge in [-0.15, -0.1) is 0 Å². The van der Waals surface area contributed by atoms with Crippen molar-refractivity contribution in [1.29, 1.82) is 0 Å². The molecule has 0 aliphatic heterocycles. The number of hydrogen-bond acceptors (Lipinski definition) is 2. The normalized spacial score (nSPS) is 10.4. The number of amides is 1. The summed E-state index contributed by atoms with van der Waals surface area (Å²) >= 11 is 5.82. The molecule has 0 fully saturated rings. The zero-order valence-corrected chi connectivity index (χ0v) is 13.5. The van der Waals surface area contributed by atoms with Crippen molar-refractivity contribution in [2.75, 3.05) is 5.32 Å². The molecule has 1 heterocycles. The number of nitrogens with zero attached hydrogens (tertiary/aromatic N) is 1. The first-order valence-electron chi connectivity index (χ1n) is 7.44. The van der Waals surface area contributed by atoms with E-state index in [-0.39, 0.29) is 11.1 Å². The maximum Gasteiger partial charge on any atom is 0.263 e. The third-order valence-corrected chi connectivity index (χ3v) is 3.81. The number of aromatic nitrogens is 1. The molecular weight excluding hydrogens is 324 g/mol. The van der Waals surface area contributed by atoms with E-state index in [1.807, 2.05) is 30.3 Å². The molecule has 0 radical (unpaired) electrons. The van der Waals surface area contributed by atoms with E-state index in [9.17, 15) is 9.59 Å². The van der Waals surface area contributed by atoms with Gasteiger partial charge >= 0.3 is 0 Å². The predicted molar refractivity (Wildman–Crippen MR) is 95.7 cm³/mol. The topological polar surface area (TPSA) is 51.1 Å². The van der Waals surface area contributed by atoms with Gasteiger partial charge < -0.3 is 9.88 Å². The smallest absolute Gasteiger partial charge is 0.263 e. The van der Waals surface area contributed by atoms with Crippen molar-refractivity contribution in [3.05, 3.63) is 99.4 Å². The Kier molecular flexibility index (Phi) is 4.77. The molecule has 24 heavy (non-hydrogen) atoms. The Morgan fingerprint density at radius 3 is 2.38 bits per heavy atom. The quantitative estimate of drug-likeness (QED) is 0.786. The zero-order chi connectivity index (χ0) is 16.9. The van der Waals surface area contributed by atoms with Crippen LogP contribution in [0.5, 0.6) is 0 Å². The molecule has 4 nitrogen and oxygen atoms in total. The highest BCUT2D eigenvalue weighted by molar-refractivity contribution is 6.30. The van der Waals surface area contributed by atoms with E-state index in [4.69, 9.17) is 11.6 Å². The van der Waals surface area contributed by atoms with Crippen molar-refractivity contribution < 1.29 is 4.79 Å². The lowest BCUT2D eigenvalue weighted by molar-refractivity contribution is 0.102. The van der Waals surface area contributed by atoms with Crippen molar-refractivity contribution >= 4 is 23.2 Å². The van der Waals surface area contributed by atoms with Gasteiger partial charge in [0.2, 0.25) is 0 Å². The highest BCUT2D eigenvalue weighted by atomic mass is 35.5. The van der Waals surface area contributed by atoms with Crippen LogP contribution in [0.1, 0.15) is 15.9 Å². The molecule has 0 unspecified atom stereocenters. The number of pyridine rings is 1. The Hall–Kier alpha value is -2.85. The molecule has 0 atom stereocenters. The van der Waals surface area contributed by atoms with Crippen LogP contribution in [-0.4, -0.2) is 10.5 Å². The summed E-state index contributed by atoms with van der Waals surface area (Å²) in [4.78, 5) is 24.9. The number of hydrogen-bond donors (Lipinski definition) is 1. The van der Waals surface area contributed by atoms with Crippen molar-refractivity contribution in [1.82, 2.24) is 4.57 Å². The summed E-state index contributed by atoms with van der Waals surface area (Å²) in [5.74, 6) is -0.440.